The zero-order valence-electron chi connectivity index (χ0n) is 15.1. The Kier molecular flexibility index (Phi) is 7.89. The van der Waals surface area contributed by atoms with Gasteiger partial charge in [0.1, 0.15) is 5.82 Å². The Hall–Kier alpha value is -1.37. The summed E-state index contributed by atoms with van der Waals surface area (Å²) in [5.41, 5.74) is 6.27. The van der Waals surface area contributed by atoms with Gasteiger partial charge in [0.05, 0.1) is 5.02 Å². The van der Waals surface area contributed by atoms with Gasteiger partial charge in [0, 0.05) is 30.6 Å². The number of carbonyl (C=O) groups excluding carboxylic acids is 2. The van der Waals surface area contributed by atoms with Crippen molar-refractivity contribution in [2.75, 3.05) is 25.0 Å². The van der Waals surface area contributed by atoms with Crippen LogP contribution >= 0.6 is 24.0 Å². The molecule has 2 fully saturated rings. The normalized spacial score (nSPS) is 23.0. The van der Waals surface area contributed by atoms with Crippen molar-refractivity contribution in [3.05, 3.63) is 29.0 Å². The number of halogens is 3. The molecule has 1 aliphatic carbocycles. The minimum Gasteiger partial charge on any atom is -0.342 e. The highest BCUT2D eigenvalue weighted by molar-refractivity contribution is 6.31. The number of likely N-dealkylation sites (tertiary alicyclic amines) is 1. The van der Waals surface area contributed by atoms with E-state index in [-0.39, 0.29) is 41.1 Å². The third-order valence-corrected chi connectivity index (χ3v) is 5.93. The van der Waals surface area contributed by atoms with E-state index in [9.17, 15) is 14.0 Å². The van der Waals surface area contributed by atoms with Gasteiger partial charge >= 0.3 is 0 Å². The van der Waals surface area contributed by atoms with Crippen LogP contribution in [0.2, 0.25) is 5.02 Å². The van der Waals surface area contributed by atoms with Crippen LogP contribution in [0.1, 0.15) is 32.1 Å². The van der Waals surface area contributed by atoms with Crippen LogP contribution in [-0.4, -0.2) is 36.3 Å². The fourth-order valence-electron chi connectivity index (χ4n) is 4.06. The van der Waals surface area contributed by atoms with Crippen molar-refractivity contribution < 1.29 is 14.0 Å². The molecule has 150 valence electrons. The molecule has 1 aliphatic heterocycles. The van der Waals surface area contributed by atoms with Gasteiger partial charge in [-0.3, -0.25) is 9.59 Å². The molecule has 2 atom stereocenters. The van der Waals surface area contributed by atoms with Gasteiger partial charge in [-0.25, -0.2) is 4.39 Å². The molecule has 2 aliphatic rings. The number of nitrogens with zero attached hydrogens (tertiary/aromatic N) is 1. The molecule has 0 radical (unpaired) electrons. The highest BCUT2D eigenvalue weighted by atomic mass is 35.5. The van der Waals surface area contributed by atoms with E-state index >= 15 is 0 Å². The maximum atomic E-state index is 13.2. The summed E-state index contributed by atoms with van der Waals surface area (Å²) in [4.78, 5) is 27.0. The summed E-state index contributed by atoms with van der Waals surface area (Å²) in [5, 5.41) is 2.77. The van der Waals surface area contributed by atoms with Crippen molar-refractivity contribution in [1.82, 2.24) is 4.90 Å². The van der Waals surface area contributed by atoms with Gasteiger partial charge in [-0.05, 0) is 56.3 Å². The van der Waals surface area contributed by atoms with Crippen molar-refractivity contribution in [3.8, 4) is 0 Å². The molecule has 1 saturated carbocycles. The number of hydrogen-bond acceptors (Lipinski definition) is 3. The van der Waals surface area contributed by atoms with Crippen LogP contribution < -0.4 is 11.1 Å². The maximum absolute atomic E-state index is 13.2. The first kappa shape index (κ1) is 21.9. The lowest BCUT2D eigenvalue weighted by Gasteiger charge is -2.34. The summed E-state index contributed by atoms with van der Waals surface area (Å²) in [6.45, 7) is 1.75. The van der Waals surface area contributed by atoms with Gasteiger partial charge in [0.25, 0.3) is 0 Å². The first-order chi connectivity index (χ1) is 12.5. The Morgan fingerprint density at radius 3 is 2.56 bits per heavy atom. The van der Waals surface area contributed by atoms with Crippen LogP contribution in [0.3, 0.4) is 0 Å². The molecular formula is C19H26Cl2FN3O2. The van der Waals surface area contributed by atoms with Crippen LogP contribution in [0.25, 0.3) is 0 Å². The van der Waals surface area contributed by atoms with Crippen LogP contribution in [0.4, 0.5) is 10.1 Å². The molecular weight excluding hydrogens is 392 g/mol. The Bertz CT molecular complexity index is 681. The summed E-state index contributed by atoms with van der Waals surface area (Å²) in [5.74, 6) is -0.239. The Morgan fingerprint density at radius 2 is 1.93 bits per heavy atom. The van der Waals surface area contributed by atoms with E-state index in [4.69, 9.17) is 17.3 Å². The van der Waals surface area contributed by atoms with Gasteiger partial charge in [-0.15, -0.1) is 12.4 Å². The lowest BCUT2D eigenvalue weighted by atomic mass is 9.91. The first-order valence-corrected chi connectivity index (χ1v) is 9.62. The van der Waals surface area contributed by atoms with Crippen molar-refractivity contribution >= 4 is 41.5 Å². The van der Waals surface area contributed by atoms with Gasteiger partial charge in [0.15, 0.2) is 0 Å². The molecule has 1 heterocycles. The van der Waals surface area contributed by atoms with E-state index in [2.05, 4.69) is 5.32 Å². The predicted molar refractivity (Wildman–Crippen MR) is 106 cm³/mol. The van der Waals surface area contributed by atoms with Crippen LogP contribution in [0.15, 0.2) is 18.2 Å². The zero-order valence-corrected chi connectivity index (χ0v) is 16.7. The molecule has 1 aromatic carbocycles. The molecule has 0 unspecified atom stereocenters. The summed E-state index contributed by atoms with van der Waals surface area (Å²) in [6.07, 6.45) is 4.29. The van der Waals surface area contributed by atoms with Crippen LogP contribution in [0, 0.1) is 23.6 Å². The molecule has 1 saturated heterocycles. The maximum Gasteiger partial charge on any atom is 0.227 e. The molecule has 3 rings (SSSR count). The lowest BCUT2D eigenvalue weighted by Crippen LogP contribution is -2.45. The summed E-state index contributed by atoms with van der Waals surface area (Å²) < 4.78 is 13.2. The minimum absolute atomic E-state index is 0. The van der Waals surface area contributed by atoms with Crippen LogP contribution in [-0.2, 0) is 9.59 Å². The van der Waals surface area contributed by atoms with E-state index in [1.54, 1.807) is 0 Å². The Balaban J connectivity index is 0.00000261. The molecule has 0 bridgehead atoms. The number of hydrogen-bond donors (Lipinski definition) is 2. The van der Waals surface area contributed by atoms with Crippen molar-refractivity contribution in [2.24, 2.45) is 23.5 Å². The summed E-state index contributed by atoms with van der Waals surface area (Å²) in [7, 11) is 0. The number of carbonyl (C=O) groups is 2. The molecule has 8 heteroatoms. The van der Waals surface area contributed by atoms with Gasteiger partial charge in [-0.1, -0.05) is 18.0 Å². The quantitative estimate of drug-likeness (QED) is 0.787. The third kappa shape index (κ3) is 5.12. The summed E-state index contributed by atoms with van der Waals surface area (Å²) >= 11 is 5.74. The Morgan fingerprint density at radius 1 is 1.22 bits per heavy atom. The minimum atomic E-state index is -0.515. The fraction of sp³-hybridized carbons (Fsp3) is 0.579. The molecule has 1 aromatic rings. The van der Waals surface area contributed by atoms with E-state index < -0.39 is 5.82 Å². The Labute approximate surface area is 170 Å². The number of anilines is 1. The summed E-state index contributed by atoms with van der Waals surface area (Å²) in [6, 6.07) is 4.13. The number of rotatable bonds is 4. The van der Waals surface area contributed by atoms with E-state index in [0.717, 1.165) is 19.3 Å². The van der Waals surface area contributed by atoms with Crippen molar-refractivity contribution in [2.45, 2.75) is 32.1 Å². The fourth-order valence-corrected chi connectivity index (χ4v) is 4.24. The molecule has 5 nitrogen and oxygen atoms in total. The van der Waals surface area contributed by atoms with Crippen LogP contribution in [0.5, 0.6) is 0 Å². The number of nitrogens with one attached hydrogen (secondary N) is 1. The number of amides is 2. The lowest BCUT2D eigenvalue weighted by molar-refractivity contribution is -0.139. The standard InChI is InChI=1S/C19H25ClFN3O2.ClH/c20-16-10-14(4-5-17(16)21)23-18(25)12-6-8-24(9-7-12)19(26)15-3-1-2-13(15)11-22;/h4-5,10,12-13,15H,1-3,6-9,11,22H2,(H,23,25);1H/t13-,15-;/m1./s1. The monoisotopic (exact) mass is 417 g/mol. The zero-order chi connectivity index (χ0) is 18.7. The number of benzene rings is 1. The highest BCUT2D eigenvalue weighted by Crippen LogP contribution is 2.33. The third-order valence-electron chi connectivity index (χ3n) is 5.64. The van der Waals surface area contributed by atoms with Gasteiger partial charge in [0.2, 0.25) is 11.8 Å². The second-order valence-corrected chi connectivity index (χ2v) is 7.66. The molecule has 0 aromatic heterocycles. The van der Waals surface area contributed by atoms with Crippen molar-refractivity contribution in [3.63, 3.8) is 0 Å². The molecule has 0 spiro atoms. The number of nitrogens with two attached hydrogens (primary N) is 1. The van der Waals surface area contributed by atoms with Gasteiger partial charge in [-0.2, -0.15) is 0 Å². The SMILES string of the molecule is Cl.NC[C@H]1CCC[C@H]1C(=O)N1CCC(C(=O)Nc2ccc(F)c(Cl)c2)CC1. The predicted octanol–water partition coefficient (Wildman–Crippen LogP) is 3.45. The second-order valence-electron chi connectivity index (χ2n) is 7.25. The topological polar surface area (TPSA) is 75.4 Å². The van der Waals surface area contributed by atoms with Gasteiger partial charge < -0.3 is 16.0 Å². The second kappa shape index (κ2) is 9.71. The molecule has 3 N–H and O–H groups in total. The van der Waals surface area contributed by atoms with Crippen molar-refractivity contribution in [1.29, 1.82) is 0 Å². The largest absolute Gasteiger partial charge is 0.342 e. The average Bonchev–Trinajstić information content (AvgIpc) is 3.13. The van der Waals surface area contributed by atoms with E-state index in [1.807, 2.05) is 4.90 Å². The average molecular weight is 418 g/mol. The highest BCUT2D eigenvalue weighted by Gasteiger charge is 2.36. The first-order valence-electron chi connectivity index (χ1n) is 9.24. The smallest absolute Gasteiger partial charge is 0.227 e. The molecule has 27 heavy (non-hydrogen) atoms. The van der Waals surface area contributed by atoms with E-state index in [0.29, 0.717) is 44.1 Å². The number of piperidine rings is 1. The molecule has 2 amide bonds. The van der Waals surface area contributed by atoms with E-state index in [1.165, 1.54) is 18.2 Å².